The fraction of sp³-hybridized carbons (Fsp3) is 0.421. The highest BCUT2D eigenvalue weighted by molar-refractivity contribution is 7.91. The molecule has 2 aromatic rings. The summed E-state index contributed by atoms with van der Waals surface area (Å²) in [6, 6.07) is 9.58. The Morgan fingerprint density at radius 1 is 1.21 bits per heavy atom. The van der Waals surface area contributed by atoms with Crippen LogP contribution < -0.4 is 15.4 Å². The maximum absolute atomic E-state index is 12.2. The van der Waals surface area contributed by atoms with E-state index in [0.29, 0.717) is 23.3 Å². The summed E-state index contributed by atoms with van der Waals surface area (Å²) in [6.07, 6.45) is 0.801. The number of hydrogen-bond acceptors (Lipinski definition) is 5. The van der Waals surface area contributed by atoms with Crippen LogP contribution >= 0.6 is 11.3 Å². The number of hydrogen-bond donors (Lipinski definition) is 2. The van der Waals surface area contributed by atoms with E-state index >= 15 is 0 Å². The molecule has 9 heteroatoms. The minimum atomic E-state index is -3.39. The van der Waals surface area contributed by atoms with Crippen LogP contribution in [-0.4, -0.2) is 53.5 Å². The number of thiophene rings is 1. The number of nitrogens with zero attached hydrogens (tertiary/aromatic N) is 2. The van der Waals surface area contributed by atoms with Crippen LogP contribution in [0.25, 0.3) is 0 Å². The Morgan fingerprint density at radius 3 is 2.61 bits per heavy atom. The second-order valence-corrected chi connectivity index (χ2v) is 9.97. The third-order valence-electron chi connectivity index (χ3n) is 4.15. The highest BCUT2D eigenvalue weighted by atomic mass is 32.2. The lowest BCUT2D eigenvalue weighted by Crippen LogP contribution is -2.37. The SMILES string of the molecule is CN=C(NCCc1cc(C)ccc1OC)NCc1ccc(S(=O)(=O)N(C)C)s1. The molecule has 0 spiro atoms. The number of methoxy groups -OCH3 is 1. The maximum atomic E-state index is 12.2. The minimum Gasteiger partial charge on any atom is -0.496 e. The molecular weight excluding hydrogens is 396 g/mol. The van der Waals surface area contributed by atoms with Gasteiger partial charge in [-0.25, -0.2) is 12.7 Å². The highest BCUT2D eigenvalue weighted by Crippen LogP contribution is 2.23. The normalized spacial score (nSPS) is 12.3. The van der Waals surface area contributed by atoms with Crippen molar-refractivity contribution in [3.05, 3.63) is 46.3 Å². The molecule has 7 nitrogen and oxygen atoms in total. The summed E-state index contributed by atoms with van der Waals surface area (Å²) >= 11 is 1.26. The molecule has 1 aromatic carbocycles. The summed E-state index contributed by atoms with van der Waals surface area (Å²) in [5.74, 6) is 1.54. The van der Waals surface area contributed by atoms with Crippen LogP contribution in [0.4, 0.5) is 0 Å². The maximum Gasteiger partial charge on any atom is 0.252 e. The van der Waals surface area contributed by atoms with Crippen LogP contribution in [-0.2, 0) is 23.0 Å². The second-order valence-electron chi connectivity index (χ2n) is 6.43. The summed E-state index contributed by atoms with van der Waals surface area (Å²) in [5, 5.41) is 6.49. The van der Waals surface area contributed by atoms with Crippen molar-refractivity contribution in [2.45, 2.75) is 24.1 Å². The van der Waals surface area contributed by atoms with Crippen molar-refractivity contribution in [3.8, 4) is 5.75 Å². The van der Waals surface area contributed by atoms with Crippen LogP contribution in [0, 0.1) is 6.92 Å². The van der Waals surface area contributed by atoms with Crippen LogP contribution in [0.2, 0.25) is 0 Å². The van der Waals surface area contributed by atoms with Gasteiger partial charge in [0, 0.05) is 32.6 Å². The first-order valence-corrected chi connectivity index (χ1v) is 11.1. The first-order valence-electron chi connectivity index (χ1n) is 8.87. The van der Waals surface area contributed by atoms with E-state index in [9.17, 15) is 8.42 Å². The number of guanidine groups is 1. The number of benzene rings is 1. The number of ether oxygens (including phenoxy) is 1. The zero-order valence-corrected chi connectivity index (χ0v) is 18.6. The van der Waals surface area contributed by atoms with Gasteiger partial charge in [0.15, 0.2) is 5.96 Å². The van der Waals surface area contributed by atoms with Crippen LogP contribution in [0.15, 0.2) is 39.5 Å². The van der Waals surface area contributed by atoms with E-state index in [0.717, 1.165) is 22.6 Å². The third kappa shape index (κ3) is 5.70. The summed E-state index contributed by atoms with van der Waals surface area (Å²) in [4.78, 5) is 5.14. The van der Waals surface area contributed by atoms with Gasteiger partial charge in [-0.1, -0.05) is 17.7 Å². The van der Waals surface area contributed by atoms with Crippen molar-refractivity contribution in [2.24, 2.45) is 4.99 Å². The molecule has 0 radical (unpaired) electrons. The zero-order valence-electron chi connectivity index (χ0n) is 16.9. The van der Waals surface area contributed by atoms with Gasteiger partial charge >= 0.3 is 0 Å². The first-order chi connectivity index (χ1) is 13.3. The Labute approximate surface area is 171 Å². The molecule has 1 aromatic heterocycles. The molecule has 0 aliphatic heterocycles. The van der Waals surface area contributed by atoms with E-state index in [4.69, 9.17) is 4.74 Å². The van der Waals surface area contributed by atoms with Gasteiger partial charge in [0.2, 0.25) is 0 Å². The van der Waals surface area contributed by atoms with Gasteiger partial charge < -0.3 is 15.4 Å². The lowest BCUT2D eigenvalue weighted by Gasteiger charge is -2.13. The van der Waals surface area contributed by atoms with Crippen molar-refractivity contribution in [3.63, 3.8) is 0 Å². The highest BCUT2D eigenvalue weighted by Gasteiger charge is 2.19. The number of aryl methyl sites for hydroxylation is 1. The van der Waals surface area contributed by atoms with Gasteiger partial charge in [0.05, 0.1) is 13.7 Å². The van der Waals surface area contributed by atoms with Crippen molar-refractivity contribution >= 4 is 27.3 Å². The van der Waals surface area contributed by atoms with Gasteiger partial charge in [-0.2, -0.15) is 0 Å². The Balaban J connectivity index is 1.89. The molecule has 0 aliphatic carbocycles. The van der Waals surface area contributed by atoms with E-state index in [-0.39, 0.29) is 0 Å². The molecule has 0 unspecified atom stereocenters. The van der Waals surface area contributed by atoms with Crippen molar-refractivity contribution < 1.29 is 13.2 Å². The van der Waals surface area contributed by atoms with Gasteiger partial charge in [0.25, 0.3) is 10.0 Å². The van der Waals surface area contributed by atoms with E-state index in [1.54, 1.807) is 20.2 Å². The molecule has 0 saturated heterocycles. The average molecular weight is 425 g/mol. The minimum absolute atomic E-state index is 0.337. The predicted molar refractivity (Wildman–Crippen MR) is 115 cm³/mol. The molecule has 2 N–H and O–H groups in total. The van der Waals surface area contributed by atoms with Crippen LogP contribution in [0.5, 0.6) is 5.75 Å². The molecule has 28 heavy (non-hydrogen) atoms. The third-order valence-corrected chi connectivity index (χ3v) is 7.52. The van der Waals surface area contributed by atoms with Gasteiger partial charge in [0.1, 0.15) is 9.96 Å². The van der Waals surface area contributed by atoms with E-state index < -0.39 is 10.0 Å². The largest absolute Gasteiger partial charge is 0.496 e. The molecule has 0 fully saturated rings. The molecule has 0 atom stereocenters. The quantitative estimate of drug-likeness (QED) is 0.502. The molecule has 0 aliphatic rings. The van der Waals surface area contributed by atoms with E-state index in [2.05, 4.69) is 28.6 Å². The van der Waals surface area contributed by atoms with E-state index in [1.165, 1.54) is 35.3 Å². The Hall–Kier alpha value is -2.10. The van der Waals surface area contributed by atoms with Crippen molar-refractivity contribution in [2.75, 3.05) is 34.8 Å². The van der Waals surface area contributed by atoms with Crippen LogP contribution in [0.3, 0.4) is 0 Å². The topological polar surface area (TPSA) is 83.0 Å². The summed E-state index contributed by atoms with van der Waals surface area (Å²) in [6.45, 7) is 3.26. The van der Waals surface area contributed by atoms with E-state index in [1.807, 2.05) is 18.2 Å². The molecular formula is C19H28N4O3S2. The molecule has 0 bridgehead atoms. The predicted octanol–water partition coefficient (Wildman–Crippen LogP) is 2.22. The molecule has 154 valence electrons. The standard InChI is InChI=1S/C19H28N4O3S2/c1-14-6-8-17(26-5)15(12-14)10-11-21-19(20-2)22-13-16-7-9-18(27-16)28(24,25)23(3)4/h6-9,12H,10-11,13H2,1-5H3,(H2,20,21,22). The number of aliphatic imine (C=N–C) groups is 1. The summed E-state index contributed by atoms with van der Waals surface area (Å²) < 4.78 is 31.3. The molecule has 0 saturated carbocycles. The Morgan fingerprint density at radius 2 is 1.96 bits per heavy atom. The average Bonchev–Trinajstić information content (AvgIpc) is 3.14. The monoisotopic (exact) mass is 424 g/mol. The Kier molecular flexibility index (Phi) is 7.85. The number of sulfonamides is 1. The van der Waals surface area contributed by atoms with Crippen molar-refractivity contribution in [1.29, 1.82) is 0 Å². The number of nitrogens with one attached hydrogen (secondary N) is 2. The molecule has 2 rings (SSSR count). The second kappa shape index (κ2) is 9.90. The fourth-order valence-electron chi connectivity index (χ4n) is 2.58. The first kappa shape index (κ1) is 22.2. The van der Waals surface area contributed by atoms with Crippen molar-refractivity contribution in [1.82, 2.24) is 14.9 Å². The Bertz CT molecular complexity index is 921. The van der Waals surface area contributed by atoms with Gasteiger partial charge in [-0.3, -0.25) is 4.99 Å². The smallest absolute Gasteiger partial charge is 0.252 e. The molecule has 1 heterocycles. The number of rotatable bonds is 8. The van der Waals surface area contributed by atoms with Gasteiger partial charge in [-0.15, -0.1) is 11.3 Å². The van der Waals surface area contributed by atoms with Gasteiger partial charge in [-0.05, 0) is 37.1 Å². The fourth-order valence-corrected chi connectivity index (χ4v) is 5.05. The molecule has 0 amide bonds. The van der Waals surface area contributed by atoms with Crippen LogP contribution in [0.1, 0.15) is 16.0 Å². The summed E-state index contributed by atoms with van der Waals surface area (Å²) in [5.41, 5.74) is 2.33. The zero-order chi connectivity index (χ0) is 20.7. The lowest BCUT2D eigenvalue weighted by molar-refractivity contribution is 0.409. The summed E-state index contributed by atoms with van der Waals surface area (Å²) in [7, 11) is 3.05. The lowest BCUT2D eigenvalue weighted by atomic mass is 10.1.